The number of hydrogen-bond donors (Lipinski definition) is 0. The zero-order valence-electron chi connectivity index (χ0n) is 18.7. The van der Waals surface area contributed by atoms with E-state index in [9.17, 15) is 4.79 Å². The van der Waals surface area contributed by atoms with E-state index in [-0.39, 0.29) is 22.8 Å². The maximum Gasteiger partial charge on any atom is 0.171 e. The second-order valence-corrected chi connectivity index (χ2v) is 6.48. The van der Waals surface area contributed by atoms with E-state index < -0.39 is 30.0 Å². The highest BCUT2D eigenvalue weighted by molar-refractivity contribution is 6.34. The van der Waals surface area contributed by atoms with Gasteiger partial charge in [-0.15, -0.1) is 0 Å². The number of carbonyl (C=O) groups is 1. The molecule has 5 nitrogen and oxygen atoms in total. The summed E-state index contributed by atoms with van der Waals surface area (Å²) in [5.41, 5.74) is 2.25. The first-order valence-electron chi connectivity index (χ1n) is 10.2. The predicted octanol–water partition coefficient (Wildman–Crippen LogP) is 4.42. The van der Waals surface area contributed by atoms with Gasteiger partial charge in [0.25, 0.3) is 0 Å². The Morgan fingerprint density at radius 2 is 2.04 bits per heavy atom. The molecule has 2 heterocycles. The van der Waals surface area contributed by atoms with Crippen molar-refractivity contribution in [2.75, 3.05) is 0 Å². The second kappa shape index (κ2) is 6.93. The molecule has 0 unspecified atom stereocenters. The summed E-state index contributed by atoms with van der Waals surface area (Å²) < 4.78 is 33.2. The van der Waals surface area contributed by atoms with Crippen molar-refractivity contribution in [1.29, 1.82) is 0 Å². The molecule has 6 heteroatoms. The number of nitrogens with zero attached hydrogens (tertiary/aromatic N) is 4. The van der Waals surface area contributed by atoms with Gasteiger partial charge in [0.2, 0.25) is 0 Å². The summed E-state index contributed by atoms with van der Waals surface area (Å²) in [6, 6.07) is 3.84. The molecule has 2 aromatic carbocycles. The Labute approximate surface area is 167 Å². The van der Waals surface area contributed by atoms with E-state index >= 15 is 0 Å². The minimum Gasteiger partial charge on any atom is -0.331 e. The number of ketones is 1. The van der Waals surface area contributed by atoms with Gasteiger partial charge in [0, 0.05) is 29.8 Å². The minimum atomic E-state index is -0.574. The van der Waals surface area contributed by atoms with E-state index in [0.717, 1.165) is 22.5 Å². The van der Waals surface area contributed by atoms with Crippen molar-refractivity contribution in [1.82, 2.24) is 19.5 Å². The lowest BCUT2D eigenvalue weighted by molar-refractivity contribution is 0.0991. The molecule has 0 aliphatic carbocycles. The van der Waals surface area contributed by atoms with Gasteiger partial charge in [-0.25, -0.2) is 15.0 Å². The number of Topliss-reactive ketones (excluding diaryl/α,β-unsaturated/α-hetero) is 1. The van der Waals surface area contributed by atoms with E-state index in [1.54, 1.807) is 12.4 Å². The summed E-state index contributed by atoms with van der Waals surface area (Å²) in [6.45, 7) is 1.92. The van der Waals surface area contributed by atoms with Crippen LogP contribution in [0.4, 0.5) is 0 Å². The fraction of sp³-hybridized carbons (Fsp3) is 0.143. The van der Waals surface area contributed by atoms with E-state index in [2.05, 4.69) is 15.0 Å². The number of halogens is 1. The maximum absolute atomic E-state index is 12.8. The van der Waals surface area contributed by atoms with Gasteiger partial charge in [-0.05, 0) is 25.1 Å². The molecule has 2 aromatic heterocycles. The van der Waals surface area contributed by atoms with Gasteiger partial charge in [-0.3, -0.25) is 4.79 Å². The third-order valence-corrected chi connectivity index (χ3v) is 4.67. The Kier molecular flexibility index (Phi) is 3.38. The van der Waals surface area contributed by atoms with Crippen LogP contribution in [0.1, 0.15) is 27.5 Å². The van der Waals surface area contributed by atoms with Crippen molar-refractivity contribution in [2.45, 2.75) is 13.3 Å². The summed E-state index contributed by atoms with van der Waals surface area (Å²) in [5.74, 6) is 0.544. The quantitative estimate of drug-likeness (QED) is 0.492. The Hall–Kier alpha value is -3.05. The maximum atomic E-state index is 12.8. The highest BCUT2D eigenvalue weighted by Gasteiger charge is 2.13. The fourth-order valence-corrected chi connectivity index (χ4v) is 3.00. The molecule has 134 valence electrons. The molecule has 0 saturated heterocycles. The Morgan fingerprint density at radius 3 is 2.81 bits per heavy atom. The Bertz CT molecular complexity index is 1340. The number of carbonyl (C=O) groups excluding carboxylic acids is 1. The van der Waals surface area contributed by atoms with Crippen LogP contribution in [0.2, 0.25) is 5.02 Å². The molecule has 0 aliphatic heterocycles. The minimum absolute atomic E-state index is 0.235. The normalized spacial score (nSPS) is 13.1. The van der Waals surface area contributed by atoms with Crippen LogP contribution >= 0.6 is 11.6 Å². The van der Waals surface area contributed by atoms with Crippen LogP contribution in [-0.2, 0) is 13.5 Å². The molecule has 0 atom stereocenters. The molecular formula is C21H17ClN4O. The first kappa shape index (κ1) is 13.2. The van der Waals surface area contributed by atoms with Gasteiger partial charge in [-0.2, -0.15) is 0 Å². The summed E-state index contributed by atoms with van der Waals surface area (Å²) in [6.07, 6.45) is 3.16. The van der Waals surface area contributed by atoms with Crippen LogP contribution in [0.5, 0.6) is 0 Å². The average Bonchev–Trinajstić information content (AvgIpc) is 3.09. The molecule has 27 heavy (non-hydrogen) atoms. The number of hydrogen-bond acceptors (Lipinski definition) is 4. The Morgan fingerprint density at radius 1 is 1.22 bits per heavy atom. The lowest BCUT2D eigenvalue weighted by Gasteiger charge is -2.07. The molecule has 0 N–H and O–H groups in total. The predicted molar refractivity (Wildman–Crippen MR) is 106 cm³/mol. The van der Waals surface area contributed by atoms with E-state index in [1.807, 2.05) is 36.7 Å². The molecule has 4 aromatic rings. The zero-order valence-corrected chi connectivity index (χ0v) is 15.4. The van der Waals surface area contributed by atoms with Gasteiger partial charge < -0.3 is 4.57 Å². The number of fused-ring (bicyclic) bond motifs is 1. The molecule has 0 saturated carbocycles. The molecule has 4 rings (SSSR count). The van der Waals surface area contributed by atoms with Crippen molar-refractivity contribution in [3.8, 4) is 11.3 Å². The van der Waals surface area contributed by atoms with Crippen LogP contribution in [0, 0.1) is 6.92 Å². The molecular weight excluding hydrogens is 360 g/mol. The van der Waals surface area contributed by atoms with Crippen molar-refractivity contribution in [3.05, 3.63) is 77.0 Å². The smallest absolute Gasteiger partial charge is 0.171 e. The number of aryl methyl sites for hydroxylation is 1. The Balaban J connectivity index is 1.71. The van der Waals surface area contributed by atoms with E-state index in [1.165, 1.54) is 0 Å². The van der Waals surface area contributed by atoms with E-state index in [4.69, 9.17) is 17.1 Å². The van der Waals surface area contributed by atoms with Crippen molar-refractivity contribution >= 4 is 28.3 Å². The largest absolute Gasteiger partial charge is 0.331 e. The standard InChI is InChI=1S/C21H17ClN4O/c1-13-23-12-19(26(13)2)14-7-8-15-11-24-21(25-18(15)9-14)10-20(27)16-5-3-4-6-17(16)22/h3-9,11-12H,10H2,1-2H3/i3D,4D,5D,6D. The van der Waals surface area contributed by atoms with Gasteiger partial charge >= 0.3 is 0 Å². The molecule has 0 bridgehead atoms. The third-order valence-electron chi connectivity index (χ3n) is 4.39. The number of rotatable bonds is 4. The van der Waals surface area contributed by atoms with Crippen molar-refractivity contribution in [2.24, 2.45) is 7.05 Å². The lowest BCUT2D eigenvalue weighted by Crippen LogP contribution is -2.07. The average molecular weight is 381 g/mol. The van der Waals surface area contributed by atoms with Gasteiger partial charge in [0.1, 0.15) is 11.6 Å². The number of benzene rings is 2. The SMILES string of the molecule is [2H]c1c([2H])c([2H])c(C(=O)Cc2ncc3ccc(-c4cnc(C)n4C)cc3n2)c(Cl)c1[2H]. The lowest BCUT2D eigenvalue weighted by atomic mass is 10.1. The summed E-state index contributed by atoms with van der Waals surface area (Å²) in [5, 5.41) is 0.504. The molecule has 0 amide bonds. The topological polar surface area (TPSA) is 60.7 Å². The number of imidazole rings is 1. The van der Waals surface area contributed by atoms with Gasteiger partial charge in [0.15, 0.2) is 5.78 Å². The third kappa shape index (κ3) is 3.34. The summed E-state index contributed by atoms with van der Waals surface area (Å²) in [4.78, 5) is 25.9. The number of aromatic nitrogens is 4. The van der Waals surface area contributed by atoms with E-state index in [0.29, 0.717) is 5.52 Å². The van der Waals surface area contributed by atoms with Crippen LogP contribution in [0.25, 0.3) is 22.2 Å². The monoisotopic (exact) mass is 380 g/mol. The van der Waals surface area contributed by atoms with Gasteiger partial charge in [0.05, 0.1) is 34.3 Å². The van der Waals surface area contributed by atoms with Crippen molar-refractivity contribution in [3.63, 3.8) is 0 Å². The van der Waals surface area contributed by atoms with Gasteiger partial charge in [-0.1, -0.05) is 35.8 Å². The van der Waals surface area contributed by atoms with Crippen LogP contribution in [-0.4, -0.2) is 25.3 Å². The summed E-state index contributed by atoms with van der Waals surface area (Å²) in [7, 11) is 1.93. The molecule has 0 spiro atoms. The molecule has 0 aliphatic rings. The fourth-order valence-electron chi connectivity index (χ4n) is 2.80. The first-order chi connectivity index (χ1) is 14.7. The highest BCUT2D eigenvalue weighted by atomic mass is 35.5. The second-order valence-electron chi connectivity index (χ2n) is 6.10. The van der Waals surface area contributed by atoms with Crippen molar-refractivity contribution < 1.29 is 10.3 Å². The zero-order chi connectivity index (χ0) is 22.4. The molecule has 0 radical (unpaired) electrons. The first-order valence-corrected chi connectivity index (χ1v) is 8.60. The van der Waals surface area contributed by atoms with Crippen LogP contribution in [0.3, 0.4) is 0 Å². The van der Waals surface area contributed by atoms with Crippen LogP contribution in [0.15, 0.2) is 54.8 Å². The van der Waals surface area contributed by atoms with Crippen LogP contribution < -0.4 is 0 Å². The summed E-state index contributed by atoms with van der Waals surface area (Å²) >= 11 is 6.06. The highest BCUT2D eigenvalue weighted by Crippen LogP contribution is 2.24. The molecule has 0 fully saturated rings.